The van der Waals surface area contributed by atoms with Crippen molar-refractivity contribution in [1.29, 1.82) is 0 Å². The molecule has 1 N–H and O–H groups in total. The molecule has 3 aromatic heterocycles. The van der Waals surface area contributed by atoms with Crippen LogP contribution in [0.1, 0.15) is 27.2 Å². The molecule has 0 saturated heterocycles. The summed E-state index contributed by atoms with van der Waals surface area (Å²) in [4.78, 5) is 29.9. The lowest BCUT2D eigenvalue weighted by Crippen LogP contribution is -2.55. The van der Waals surface area contributed by atoms with E-state index in [2.05, 4.69) is 44.0 Å². The fourth-order valence-corrected chi connectivity index (χ4v) is 3.42. The number of aromatic amines is 1. The van der Waals surface area contributed by atoms with Gasteiger partial charge in [-0.2, -0.15) is 19.9 Å². The van der Waals surface area contributed by atoms with Gasteiger partial charge >= 0.3 is 0 Å². The van der Waals surface area contributed by atoms with Crippen LogP contribution < -0.4 is 9.80 Å². The predicted octanol–water partition coefficient (Wildman–Crippen LogP) is 1.42. The number of rotatable bonds is 4. The SMILES string of the molecule is CC[C@@H]1C(=O)N(C)c2cnc(-n3ncnc3-c3ccn[nH]3)nc2N1C(C)C. The highest BCUT2D eigenvalue weighted by Crippen LogP contribution is 2.36. The summed E-state index contributed by atoms with van der Waals surface area (Å²) in [6.07, 6.45) is 5.46. The van der Waals surface area contributed by atoms with Crippen molar-refractivity contribution in [2.24, 2.45) is 0 Å². The second-order valence-electron chi connectivity index (χ2n) is 6.67. The van der Waals surface area contributed by atoms with Gasteiger partial charge in [0, 0.05) is 19.3 Å². The van der Waals surface area contributed by atoms with Crippen LogP contribution in [-0.4, -0.2) is 60.0 Å². The number of H-pyrrole nitrogens is 1. The molecular formula is C17H21N9O. The molecule has 1 amide bonds. The lowest BCUT2D eigenvalue weighted by atomic mass is 10.1. The van der Waals surface area contributed by atoms with E-state index in [0.29, 0.717) is 29.6 Å². The summed E-state index contributed by atoms with van der Waals surface area (Å²) in [7, 11) is 1.76. The van der Waals surface area contributed by atoms with Crippen molar-refractivity contribution in [3.8, 4) is 17.5 Å². The van der Waals surface area contributed by atoms with E-state index in [0.717, 1.165) is 5.82 Å². The molecule has 1 aliphatic heterocycles. The zero-order chi connectivity index (χ0) is 19.1. The lowest BCUT2D eigenvalue weighted by Gasteiger charge is -2.42. The van der Waals surface area contributed by atoms with Crippen LogP contribution in [0.15, 0.2) is 24.8 Å². The number of carbonyl (C=O) groups is 1. The number of anilines is 2. The van der Waals surface area contributed by atoms with Crippen LogP contribution in [-0.2, 0) is 4.79 Å². The average Bonchev–Trinajstić information content (AvgIpc) is 3.34. The van der Waals surface area contributed by atoms with Gasteiger partial charge in [0.15, 0.2) is 11.6 Å². The van der Waals surface area contributed by atoms with Crippen molar-refractivity contribution in [1.82, 2.24) is 34.9 Å². The summed E-state index contributed by atoms with van der Waals surface area (Å²) >= 11 is 0. The first-order chi connectivity index (χ1) is 13.0. The van der Waals surface area contributed by atoms with Crippen LogP contribution in [0.25, 0.3) is 17.5 Å². The van der Waals surface area contributed by atoms with Gasteiger partial charge in [-0.15, -0.1) is 0 Å². The molecule has 0 unspecified atom stereocenters. The van der Waals surface area contributed by atoms with Crippen molar-refractivity contribution >= 4 is 17.4 Å². The van der Waals surface area contributed by atoms with Gasteiger partial charge in [0.1, 0.15) is 23.8 Å². The average molecular weight is 367 g/mol. The molecule has 0 aliphatic carbocycles. The molecule has 0 spiro atoms. The van der Waals surface area contributed by atoms with Gasteiger partial charge in [-0.1, -0.05) is 6.92 Å². The Hall–Kier alpha value is -3.30. The molecule has 4 rings (SSSR count). The van der Waals surface area contributed by atoms with Crippen LogP contribution >= 0.6 is 0 Å². The predicted molar refractivity (Wildman–Crippen MR) is 99.6 cm³/mol. The molecule has 10 heteroatoms. The van der Waals surface area contributed by atoms with Crippen LogP contribution in [0.2, 0.25) is 0 Å². The highest BCUT2D eigenvalue weighted by molar-refractivity contribution is 6.04. The number of carbonyl (C=O) groups excluding carboxylic acids is 1. The molecule has 1 atom stereocenters. The Morgan fingerprint density at radius 2 is 2.11 bits per heavy atom. The van der Waals surface area contributed by atoms with Gasteiger partial charge < -0.3 is 9.80 Å². The number of nitrogens with zero attached hydrogens (tertiary/aromatic N) is 8. The Balaban J connectivity index is 1.86. The maximum atomic E-state index is 12.7. The van der Waals surface area contributed by atoms with Gasteiger partial charge in [0.05, 0.1) is 6.20 Å². The number of likely N-dealkylation sites (N-methyl/N-ethyl adjacent to an activating group) is 1. The minimum atomic E-state index is -0.256. The quantitative estimate of drug-likeness (QED) is 0.743. The molecule has 10 nitrogen and oxygen atoms in total. The minimum Gasteiger partial charge on any atom is -0.340 e. The first-order valence-electron chi connectivity index (χ1n) is 8.86. The molecular weight excluding hydrogens is 346 g/mol. The Morgan fingerprint density at radius 3 is 2.78 bits per heavy atom. The number of aromatic nitrogens is 7. The fraction of sp³-hybridized carbons (Fsp3) is 0.412. The third-order valence-corrected chi connectivity index (χ3v) is 4.72. The van der Waals surface area contributed by atoms with Crippen molar-refractivity contribution in [3.05, 3.63) is 24.8 Å². The Kier molecular flexibility index (Phi) is 4.09. The first kappa shape index (κ1) is 17.1. The molecule has 0 aromatic carbocycles. The van der Waals surface area contributed by atoms with Crippen molar-refractivity contribution < 1.29 is 4.79 Å². The summed E-state index contributed by atoms with van der Waals surface area (Å²) < 4.78 is 1.56. The van der Waals surface area contributed by atoms with E-state index in [1.165, 1.54) is 6.33 Å². The Bertz CT molecular complexity index is 963. The molecule has 0 fully saturated rings. The molecule has 140 valence electrons. The lowest BCUT2D eigenvalue weighted by molar-refractivity contribution is -0.120. The first-order valence-corrected chi connectivity index (χ1v) is 8.86. The van der Waals surface area contributed by atoms with Crippen molar-refractivity contribution in [2.45, 2.75) is 39.3 Å². The van der Waals surface area contributed by atoms with Gasteiger partial charge in [-0.05, 0) is 26.3 Å². The van der Waals surface area contributed by atoms with Gasteiger partial charge in [-0.25, -0.2) is 9.97 Å². The summed E-state index contributed by atoms with van der Waals surface area (Å²) in [6.45, 7) is 6.11. The maximum absolute atomic E-state index is 12.7. The Morgan fingerprint density at radius 1 is 1.30 bits per heavy atom. The van der Waals surface area contributed by atoms with Crippen LogP contribution in [0.4, 0.5) is 11.5 Å². The van der Waals surface area contributed by atoms with E-state index in [-0.39, 0.29) is 18.0 Å². The topological polar surface area (TPSA) is 109 Å². The van der Waals surface area contributed by atoms with Gasteiger partial charge in [0.25, 0.3) is 5.95 Å². The second-order valence-corrected chi connectivity index (χ2v) is 6.67. The Labute approximate surface area is 156 Å². The van der Waals surface area contributed by atoms with Gasteiger partial charge in [-0.3, -0.25) is 9.89 Å². The normalized spacial score (nSPS) is 16.9. The van der Waals surface area contributed by atoms with E-state index in [1.54, 1.807) is 35.1 Å². The zero-order valence-electron chi connectivity index (χ0n) is 15.7. The van der Waals surface area contributed by atoms with E-state index in [9.17, 15) is 4.79 Å². The molecule has 0 bridgehead atoms. The van der Waals surface area contributed by atoms with E-state index in [4.69, 9.17) is 4.98 Å². The van der Waals surface area contributed by atoms with Crippen LogP contribution in [0, 0.1) is 0 Å². The van der Waals surface area contributed by atoms with Crippen molar-refractivity contribution in [2.75, 3.05) is 16.8 Å². The third-order valence-electron chi connectivity index (χ3n) is 4.72. The highest BCUT2D eigenvalue weighted by atomic mass is 16.2. The molecule has 1 aliphatic rings. The summed E-state index contributed by atoms with van der Waals surface area (Å²) in [5, 5.41) is 11.1. The summed E-state index contributed by atoms with van der Waals surface area (Å²) in [5.41, 5.74) is 1.40. The molecule has 3 aromatic rings. The van der Waals surface area contributed by atoms with E-state index < -0.39 is 0 Å². The summed E-state index contributed by atoms with van der Waals surface area (Å²) in [6, 6.07) is 1.66. The number of hydrogen-bond donors (Lipinski definition) is 1. The number of nitrogens with one attached hydrogen (secondary N) is 1. The number of hydrogen-bond acceptors (Lipinski definition) is 7. The molecule has 4 heterocycles. The standard InChI is InChI=1S/C17H21N9O/c1-5-12-16(27)24(4)13-8-18-17(22-15(13)25(12)10(2)3)26-14(19-9-21-26)11-6-7-20-23-11/h6-10,12H,5H2,1-4H3,(H,20,23)/t12-/m1/s1. The van der Waals surface area contributed by atoms with Crippen LogP contribution in [0.5, 0.6) is 0 Å². The largest absolute Gasteiger partial charge is 0.340 e. The highest BCUT2D eigenvalue weighted by Gasteiger charge is 2.38. The third kappa shape index (κ3) is 2.64. The monoisotopic (exact) mass is 367 g/mol. The van der Waals surface area contributed by atoms with E-state index in [1.807, 2.05) is 6.92 Å². The van der Waals surface area contributed by atoms with Crippen LogP contribution in [0.3, 0.4) is 0 Å². The molecule has 0 saturated carbocycles. The summed E-state index contributed by atoms with van der Waals surface area (Å²) in [5.74, 6) is 1.72. The van der Waals surface area contributed by atoms with Crippen molar-refractivity contribution in [3.63, 3.8) is 0 Å². The number of amides is 1. The van der Waals surface area contributed by atoms with E-state index >= 15 is 0 Å². The molecule has 0 radical (unpaired) electrons. The maximum Gasteiger partial charge on any atom is 0.254 e. The van der Waals surface area contributed by atoms with Gasteiger partial charge in [0.2, 0.25) is 5.91 Å². The second kappa shape index (κ2) is 6.45. The minimum absolute atomic E-state index is 0.0500. The smallest absolute Gasteiger partial charge is 0.254 e. The number of fused-ring (bicyclic) bond motifs is 1. The zero-order valence-corrected chi connectivity index (χ0v) is 15.7. The fourth-order valence-electron chi connectivity index (χ4n) is 3.42. The molecule has 27 heavy (non-hydrogen) atoms.